The molecule has 0 spiro atoms. The lowest BCUT2D eigenvalue weighted by Crippen LogP contribution is -2.54. The van der Waals surface area contributed by atoms with Gasteiger partial charge >= 0.3 is 0 Å². The molecule has 3 atom stereocenters. The Morgan fingerprint density at radius 1 is 0.400 bits per heavy atom. The SMILES string of the molecule is c1ccc(C2NC(c3cccc(-c4cccc5ccc6oc7ccccc7c6c45)c3)NC(c3ccc4ccccc4c3)N2)cc1. The molecular weight excluding hydrogens is 550 g/mol. The number of rotatable bonds is 4. The highest BCUT2D eigenvalue weighted by atomic mass is 16.3. The van der Waals surface area contributed by atoms with Gasteiger partial charge in [-0.2, -0.15) is 0 Å². The average molecular weight is 582 g/mol. The minimum Gasteiger partial charge on any atom is -0.456 e. The Hall–Kier alpha value is -5.26. The number of furan rings is 1. The number of hydrogen-bond acceptors (Lipinski definition) is 4. The van der Waals surface area contributed by atoms with Crippen LogP contribution in [0.5, 0.6) is 0 Å². The summed E-state index contributed by atoms with van der Waals surface area (Å²) in [4.78, 5) is 0. The minimum atomic E-state index is -0.0855. The van der Waals surface area contributed by atoms with Crippen LogP contribution >= 0.6 is 0 Å². The molecule has 45 heavy (non-hydrogen) atoms. The lowest BCUT2D eigenvalue weighted by atomic mass is 9.93. The van der Waals surface area contributed by atoms with Gasteiger partial charge in [0, 0.05) is 16.2 Å². The van der Waals surface area contributed by atoms with E-state index < -0.39 is 0 Å². The Morgan fingerprint density at radius 2 is 1.04 bits per heavy atom. The van der Waals surface area contributed by atoms with Crippen molar-refractivity contribution < 1.29 is 4.42 Å². The molecule has 2 heterocycles. The zero-order valence-electron chi connectivity index (χ0n) is 24.6. The van der Waals surface area contributed by atoms with Crippen LogP contribution in [0.1, 0.15) is 35.2 Å². The van der Waals surface area contributed by atoms with Crippen LogP contribution in [0.4, 0.5) is 0 Å². The van der Waals surface area contributed by atoms with E-state index in [2.05, 4.69) is 155 Å². The van der Waals surface area contributed by atoms with Gasteiger partial charge in [0.1, 0.15) is 11.2 Å². The number of nitrogens with one attached hydrogen (secondary N) is 3. The Bertz CT molecular complexity index is 2340. The van der Waals surface area contributed by atoms with Crippen LogP contribution in [0.15, 0.2) is 156 Å². The van der Waals surface area contributed by atoms with Gasteiger partial charge < -0.3 is 4.42 Å². The highest BCUT2D eigenvalue weighted by Crippen LogP contribution is 2.40. The third-order valence-electron chi connectivity index (χ3n) is 9.15. The van der Waals surface area contributed by atoms with Crippen LogP contribution in [0.25, 0.3) is 54.6 Å². The predicted molar refractivity (Wildman–Crippen MR) is 185 cm³/mol. The van der Waals surface area contributed by atoms with Gasteiger partial charge in [-0.15, -0.1) is 0 Å². The third kappa shape index (κ3) is 4.59. The van der Waals surface area contributed by atoms with Crippen molar-refractivity contribution in [2.75, 3.05) is 0 Å². The molecule has 8 aromatic rings. The van der Waals surface area contributed by atoms with Gasteiger partial charge in [-0.3, -0.25) is 16.0 Å². The summed E-state index contributed by atoms with van der Waals surface area (Å²) in [6.07, 6.45) is -0.172. The molecule has 1 aliphatic heterocycles. The summed E-state index contributed by atoms with van der Waals surface area (Å²) in [6, 6.07) is 54.0. The molecule has 9 rings (SSSR count). The summed E-state index contributed by atoms with van der Waals surface area (Å²) in [5.74, 6) is 0. The summed E-state index contributed by atoms with van der Waals surface area (Å²) in [6.45, 7) is 0. The number of hydrogen-bond donors (Lipinski definition) is 3. The fourth-order valence-electron chi connectivity index (χ4n) is 6.97. The average Bonchev–Trinajstić information content (AvgIpc) is 3.50. The molecule has 1 saturated heterocycles. The van der Waals surface area contributed by atoms with Crippen molar-refractivity contribution in [2.45, 2.75) is 18.5 Å². The number of para-hydroxylation sites is 1. The van der Waals surface area contributed by atoms with E-state index in [-0.39, 0.29) is 18.5 Å². The molecule has 0 amide bonds. The topological polar surface area (TPSA) is 49.2 Å². The molecule has 7 aromatic carbocycles. The summed E-state index contributed by atoms with van der Waals surface area (Å²) >= 11 is 0. The van der Waals surface area contributed by atoms with Crippen LogP contribution in [0.3, 0.4) is 0 Å². The maximum absolute atomic E-state index is 6.28. The lowest BCUT2D eigenvalue weighted by Gasteiger charge is -2.39. The molecule has 1 aliphatic rings. The van der Waals surface area contributed by atoms with E-state index in [1.165, 1.54) is 54.7 Å². The van der Waals surface area contributed by atoms with Gasteiger partial charge in [0.05, 0.1) is 18.5 Å². The van der Waals surface area contributed by atoms with E-state index in [9.17, 15) is 0 Å². The van der Waals surface area contributed by atoms with Crippen LogP contribution in [-0.2, 0) is 0 Å². The third-order valence-corrected chi connectivity index (χ3v) is 9.15. The fraction of sp³-hybridized carbons (Fsp3) is 0.0732. The molecule has 216 valence electrons. The highest BCUT2D eigenvalue weighted by Gasteiger charge is 2.30. The van der Waals surface area contributed by atoms with Gasteiger partial charge in [-0.05, 0) is 68.2 Å². The van der Waals surface area contributed by atoms with Crippen molar-refractivity contribution in [2.24, 2.45) is 0 Å². The number of fused-ring (bicyclic) bond motifs is 6. The first-order chi connectivity index (χ1) is 22.3. The van der Waals surface area contributed by atoms with E-state index in [1.54, 1.807) is 0 Å². The highest BCUT2D eigenvalue weighted by molar-refractivity contribution is 6.22. The van der Waals surface area contributed by atoms with E-state index in [4.69, 9.17) is 4.42 Å². The Labute approximate surface area is 261 Å². The van der Waals surface area contributed by atoms with Crippen LogP contribution in [-0.4, -0.2) is 0 Å². The maximum Gasteiger partial charge on any atom is 0.136 e. The quantitative estimate of drug-likeness (QED) is 0.194. The Kier molecular flexibility index (Phi) is 6.23. The molecule has 0 radical (unpaired) electrons. The largest absolute Gasteiger partial charge is 0.456 e. The van der Waals surface area contributed by atoms with Gasteiger partial charge in [0.2, 0.25) is 0 Å². The molecule has 1 aromatic heterocycles. The first-order valence-corrected chi connectivity index (χ1v) is 15.5. The second-order valence-corrected chi connectivity index (χ2v) is 11.9. The first kappa shape index (κ1) is 26.2. The smallest absolute Gasteiger partial charge is 0.136 e. The molecule has 3 unspecified atom stereocenters. The molecule has 3 N–H and O–H groups in total. The molecule has 1 fully saturated rings. The van der Waals surface area contributed by atoms with Crippen LogP contribution < -0.4 is 16.0 Å². The monoisotopic (exact) mass is 581 g/mol. The van der Waals surface area contributed by atoms with E-state index in [0.29, 0.717) is 0 Å². The second-order valence-electron chi connectivity index (χ2n) is 11.9. The minimum absolute atomic E-state index is 0.0351. The van der Waals surface area contributed by atoms with Crippen molar-refractivity contribution in [3.63, 3.8) is 0 Å². The predicted octanol–water partition coefficient (Wildman–Crippen LogP) is 9.74. The maximum atomic E-state index is 6.28. The summed E-state index contributed by atoms with van der Waals surface area (Å²) in [7, 11) is 0. The molecular formula is C41H31N3O. The second kappa shape index (κ2) is 10.7. The normalized spacial score (nSPS) is 18.6. The van der Waals surface area contributed by atoms with Crippen molar-refractivity contribution >= 4 is 43.5 Å². The number of benzene rings is 7. The Morgan fingerprint density at radius 3 is 1.91 bits per heavy atom. The summed E-state index contributed by atoms with van der Waals surface area (Å²) in [5.41, 5.74) is 7.80. The zero-order chi connectivity index (χ0) is 29.7. The van der Waals surface area contributed by atoms with E-state index in [0.717, 1.165) is 16.6 Å². The molecule has 0 aliphatic carbocycles. The van der Waals surface area contributed by atoms with Crippen molar-refractivity contribution in [3.05, 3.63) is 168 Å². The summed E-state index contributed by atoms with van der Waals surface area (Å²) < 4.78 is 6.28. The first-order valence-electron chi connectivity index (χ1n) is 15.5. The van der Waals surface area contributed by atoms with Crippen molar-refractivity contribution in [1.29, 1.82) is 0 Å². The van der Waals surface area contributed by atoms with Gasteiger partial charge in [-0.25, -0.2) is 0 Å². The van der Waals surface area contributed by atoms with Crippen LogP contribution in [0.2, 0.25) is 0 Å². The van der Waals surface area contributed by atoms with Gasteiger partial charge in [0.25, 0.3) is 0 Å². The van der Waals surface area contributed by atoms with E-state index >= 15 is 0 Å². The van der Waals surface area contributed by atoms with Gasteiger partial charge in [-0.1, -0.05) is 127 Å². The molecule has 0 bridgehead atoms. The molecule has 4 nitrogen and oxygen atoms in total. The standard InChI is InChI=1S/C41H31N3O/c1-2-11-28(12-3-1)39-42-40(44-41(43-39)32-21-20-26-10-4-5-13-29(26)24-32)31-16-8-15-30(25-31)33-18-9-14-27-22-23-36-38(37(27)33)34-17-6-7-19-35(34)45-36/h1-25,39-44H. The van der Waals surface area contributed by atoms with Crippen LogP contribution in [0, 0.1) is 0 Å². The lowest BCUT2D eigenvalue weighted by molar-refractivity contribution is 0.203. The molecule has 4 heteroatoms. The zero-order valence-corrected chi connectivity index (χ0v) is 24.6. The Balaban J connectivity index is 1.15. The van der Waals surface area contributed by atoms with Gasteiger partial charge in [0.15, 0.2) is 0 Å². The van der Waals surface area contributed by atoms with E-state index in [1.807, 2.05) is 12.1 Å². The summed E-state index contributed by atoms with van der Waals surface area (Å²) in [5, 5.41) is 18.8. The van der Waals surface area contributed by atoms with Crippen molar-refractivity contribution in [1.82, 2.24) is 16.0 Å². The van der Waals surface area contributed by atoms with Crippen molar-refractivity contribution in [3.8, 4) is 11.1 Å². The fourth-order valence-corrected chi connectivity index (χ4v) is 6.97. The molecule has 0 saturated carbocycles.